The van der Waals surface area contributed by atoms with Crippen molar-refractivity contribution in [3.8, 4) is 0 Å². The van der Waals surface area contributed by atoms with Crippen LogP contribution in [0, 0.1) is 0 Å². The third kappa shape index (κ3) is 3.18. The summed E-state index contributed by atoms with van der Waals surface area (Å²) in [6.07, 6.45) is 3.40. The standard InChI is InChI=1S/C12H21NO4/c1-16-10-3-7-17-12(8-10)4-6-13(9-12)5-2-11(14)15/h10H,2-9H2,1H3,(H,14,15)/t10-,12-/m0/s1. The van der Waals surface area contributed by atoms with E-state index in [1.165, 1.54) is 0 Å². The van der Waals surface area contributed by atoms with Gasteiger partial charge in [-0.25, -0.2) is 0 Å². The highest BCUT2D eigenvalue weighted by Gasteiger charge is 2.43. The predicted molar refractivity (Wildman–Crippen MR) is 62.0 cm³/mol. The molecule has 1 N–H and O–H groups in total. The summed E-state index contributed by atoms with van der Waals surface area (Å²) in [5.41, 5.74) is -0.0859. The van der Waals surface area contributed by atoms with Crippen LogP contribution in [0.5, 0.6) is 0 Å². The summed E-state index contributed by atoms with van der Waals surface area (Å²) in [7, 11) is 1.75. The third-order valence-electron chi connectivity index (χ3n) is 3.82. The Morgan fingerprint density at radius 2 is 2.47 bits per heavy atom. The number of carboxylic acid groups (broad SMARTS) is 1. The number of rotatable bonds is 4. The molecule has 2 heterocycles. The van der Waals surface area contributed by atoms with E-state index in [1.807, 2.05) is 0 Å². The van der Waals surface area contributed by atoms with Gasteiger partial charge in [-0.3, -0.25) is 9.69 Å². The summed E-state index contributed by atoms with van der Waals surface area (Å²) in [6.45, 7) is 3.16. The second-order valence-corrected chi connectivity index (χ2v) is 5.05. The van der Waals surface area contributed by atoms with Gasteiger partial charge in [0.2, 0.25) is 0 Å². The second-order valence-electron chi connectivity index (χ2n) is 5.05. The molecule has 2 atom stereocenters. The van der Waals surface area contributed by atoms with E-state index in [9.17, 15) is 4.79 Å². The first-order valence-electron chi connectivity index (χ1n) is 6.24. The highest BCUT2D eigenvalue weighted by atomic mass is 16.5. The Balaban J connectivity index is 1.84. The maximum absolute atomic E-state index is 10.5. The first kappa shape index (κ1) is 12.8. The SMILES string of the molecule is CO[C@H]1CCO[C@@]2(CCN(CCC(=O)O)C2)C1. The highest BCUT2D eigenvalue weighted by Crippen LogP contribution is 2.35. The molecule has 0 bridgehead atoms. The molecule has 2 aliphatic rings. The van der Waals surface area contributed by atoms with Crippen molar-refractivity contribution in [1.82, 2.24) is 4.90 Å². The Hall–Kier alpha value is -0.650. The van der Waals surface area contributed by atoms with Crippen LogP contribution in [0.4, 0.5) is 0 Å². The largest absolute Gasteiger partial charge is 0.481 e. The number of hydrogen-bond acceptors (Lipinski definition) is 4. The van der Waals surface area contributed by atoms with Crippen molar-refractivity contribution in [1.29, 1.82) is 0 Å². The van der Waals surface area contributed by atoms with Crippen molar-refractivity contribution in [2.45, 2.75) is 37.4 Å². The lowest BCUT2D eigenvalue weighted by molar-refractivity contribution is -0.137. The van der Waals surface area contributed by atoms with Crippen LogP contribution in [0.25, 0.3) is 0 Å². The molecular formula is C12H21NO4. The average Bonchev–Trinajstić information content (AvgIpc) is 2.70. The van der Waals surface area contributed by atoms with Gasteiger partial charge in [0.15, 0.2) is 0 Å². The highest BCUT2D eigenvalue weighted by molar-refractivity contribution is 5.66. The lowest BCUT2D eigenvalue weighted by atomic mass is 9.91. The van der Waals surface area contributed by atoms with Crippen LogP contribution >= 0.6 is 0 Å². The number of aliphatic carboxylic acids is 1. The fourth-order valence-corrected chi connectivity index (χ4v) is 2.84. The number of nitrogens with zero attached hydrogens (tertiary/aromatic N) is 1. The molecule has 5 nitrogen and oxygen atoms in total. The summed E-state index contributed by atoms with van der Waals surface area (Å²) in [5.74, 6) is -0.731. The van der Waals surface area contributed by atoms with E-state index >= 15 is 0 Å². The number of methoxy groups -OCH3 is 1. The van der Waals surface area contributed by atoms with Crippen molar-refractivity contribution in [3.63, 3.8) is 0 Å². The van der Waals surface area contributed by atoms with Gasteiger partial charge in [-0.05, 0) is 12.8 Å². The van der Waals surface area contributed by atoms with Gasteiger partial charge in [0.1, 0.15) is 0 Å². The summed E-state index contributed by atoms with van der Waals surface area (Å²) in [5, 5.41) is 8.68. The smallest absolute Gasteiger partial charge is 0.304 e. The van der Waals surface area contributed by atoms with E-state index in [2.05, 4.69) is 4.90 Å². The van der Waals surface area contributed by atoms with Crippen LogP contribution in [0.1, 0.15) is 25.7 Å². The molecule has 2 aliphatic heterocycles. The normalized spacial score (nSPS) is 34.3. The van der Waals surface area contributed by atoms with Crippen LogP contribution < -0.4 is 0 Å². The molecule has 2 rings (SSSR count). The van der Waals surface area contributed by atoms with Crippen molar-refractivity contribution < 1.29 is 19.4 Å². The van der Waals surface area contributed by atoms with Crippen molar-refractivity contribution in [2.75, 3.05) is 33.4 Å². The van der Waals surface area contributed by atoms with E-state index in [1.54, 1.807) is 7.11 Å². The van der Waals surface area contributed by atoms with Gasteiger partial charge in [0.05, 0.1) is 18.1 Å². The van der Waals surface area contributed by atoms with Gasteiger partial charge in [-0.2, -0.15) is 0 Å². The molecule has 0 radical (unpaired) electrons. The Kier molecular flexibility index (Phi) is 4.01. The zero-order valence-corrected chi connectivity index (χ0v) is 10.4. The Morgan fingerprint density at radius 1 is 1.65 bits per heavy atom. The third-order valence-corrected chi connectivity index (χ3v) is 3.82. The number of likely N-dealkylation sites (tertiary alicyclic amines) is 1. The lowest BCUT2D eigenvalue weighted by Crippen LogP contribution is -2.44. The first-order valence-corrected chi connectivity index (χ1v) is 6.24. The fraction of sp³-hybridized carbons (Fsp3) is 0.917. The van der Waals surface area contributed by atoms with Gasteiger partial charge in [0, 0.05) is 39.8 Å². The molecule has 98 valence electrons. The molecule has 1 spiro atoms. The van der Waals surface area contributed by atoms with E-state index in [4.69, 9.17) is 14.6 Å². The van der Waals surface area contributed by atoms with Crippen LogP contribution in [-0.2, 0) is 14.3 Å². The molecule has 0 aromatic heterocycles. The molecule has 0 aromatic rings. The molecule has 0 unspecified atom stereocenters. The van der Waals surface area contributed by atoms with Gasteiger partial charge in [0.25, 0.3) is 0 Å². The van der Waals surface area contributed by atoms with Gasteiger partial charge < -0.3 is 14.6 Å². The molecule has 0 amide bonds. The minimum Gasteiger partial charge on any atom is -0.481 e. The molecule has 2 fully saturated rings. The predicted octanol–water partition coefficient (Wildman–Crippen LogP) is 0.731. The van der Waals surface area contributed by atoms with E-state index in [-0.39, 0.29) is 12.0 Å². The zero-order valence-electron chi connectivity index (χ0n) is 10.4. The van der Waals surface area contributed by atoms with Crippen LogP contribution in [0.3, 0.4) is 0 Å². The Labute approximate surface area is 102 Å². The van der Waals surface area contributed by atoms with Crippen molar-refractivity contribution in [3.05, 3.63) is 0 Å². The monoisotopic (exact) mass is 243 g/mol. The summed E-state index contributed by atoms with van der Waals surface area (Å²) >= 11 is 0. The summed E-state index contributed by atoms with van der Waals surface area (Å²) in [4.78, 5) is 12.7. The van der Waals surface area contributed by atoms with E-state index in [0.717, 1.165) is 39.0 Å². The molecule has 0 aliphatic carbocycles. The topological polar surface area (TPSA) is 59.0 Å². The van der Waals surface area contributed by atoms with Crippen molar-refractivity contribution in [2.24, 2.45) is 0 Å². The number of hydrogen-bond donors (Lipinski definition) is 1. The fourth-order valence-electron chi connectivity index (χ4n) is 2.84. The van der Waals surface area contributed by atoms with Crippen molar-refractivity contribution >= 4 is 5.97 Å². The average molecular weight is 243 g/mol. The molecular weight excluding hydrogens is 222 g/mol. The Morgan fingerprint density at radius 3 is 3.18 bits per heavy atom. The number of carboxylic acids is 1. The van der Waals surface area contributed by atoms with Crippen LogP contribution in [0.15, 0.2) is 0 Å². The molecule has 2 saturated heterocycles. The number of carbonyl (C=O) groups is 1. The number of ether oxygens (including phenoxy) is 2. The lowest BCUT2D eigenvalue weighted by Gasteiger charge is -2.37. The van der Waals surface area contributed by atoms with Gasteiger partial charge in [-0.15, -0.1) is 0 Å². The maximum Gasteiger partial charge on any atom is 0.304 e. The van der Waals surface area contributed by atoms with Crippen LogP contribution in [0.2, 0.25) is 0 Å². The van der Waals surface area contributed by atoms with E-state index in [0.29, 0.717) is 12.6 Å². The molecule has 5 heteroatoms. The Bertz CT molecular complexity index is 284. The molecule has 17 heavy (non-hydrogen) atoms. The van der Waals surface area contributed by atoms with Crippen LogP contribution in [-0.4, -0.2) is 61.0 Å². The molecule has 0 aromatic carbocycles. The summed E-state index contributed by atoms with van der Waals surface area (Å²) in [6, 6.07) is 0. The second kappa shape index (κ2) is 5.33. The summed E-state index contributed by atoms with van der Waals surface area (Å²) < 4.78 is 11.3. The molecule has 0 saturated carbocycles. The quantitative estimate of drug-likeness (QED) is 0.789. The van der Waals surface area contributed by atoms with Gasteiger partial charge >= 0.3 is 5.97 Å². The van der Waals surface area contributed by atoms with E-state index < -0.39 is 5.97 Å². The first-order chi connectivity index (χ1) is 8.13. The minimum atomic E-state index is -0.731. The zero-order chi connectivity index (χ0) is 12.3. The minimum absolute atomic E-state index is 0.0859. The van der Waals surface area contributed by atoms with Gasteiger partial charge in [-0.1, -0.05) is 0 Å². The maximum atomic E-state index is 10.5.